The molecule has 1 unspecified atom stereocenters. The highest BCUT2D eigenvalue weighted by atomic mass is 32.2. The lowest BCUT2D eigenvalue weighted by Crippen LogP contribution is -2.57. The Morgan fingerprint density at radius 2 is 1.94 bits per heavy atom. The van der Waals surface area contributed by atoms with Crippen LogP contribution in [-0.4, -0.2) is 39.5 Å². The molecule has 4 heteroatoms. The molecule has 0 aromatic rings. The van der Waals surface area contributed by atoms with Gasteiger partial charge in [-0.1, -0.05) is 4.40 Å². The van der Waals surface area contributed by atoms with Gasteiger partial charge in [0.05, 0.1) is 11.8 Å². The van der Waals surface area contributed by atoms with E-state index >= 15 is 0 Å². The highest BCUT2D eigenvalue weighted by Gasteiger charge is 2.44. The molecule has 0 N–H and O–H groups in total. The van der Waals surface area contributed by atoms with Crippen LogP contribution in [0.3, 0.4) is 0 Å². The summed E-state index contributed by atoms with van der Waals surface area (Å²) in [6.07, 6.45) is 6.96. The van der Waals surface area contributed by atoms with Crippen LogP contribution in [-0.2, 0) is 11.4 Å². The van der Waals surface area contributed by atoms with Gasteiger partial charge in [-0.15, -0.1) is 0 Å². The fourth-order valence-electron chi connectivity index (χ4n) is 2.84. The molecule has 3 fully saturated rings. The number of hydrogen-bond acceptors (Lipinski definition) is 3. The van der Waals surface area contributed by atoms with Crippen LogP contribution in [0.2, 0.25) is 0 Å². The lowest BCUT2D eigenvalue weighted by molar-refractivity contribution is 0.0359. The largest absolute Gasteiger partial charge is 0.591 e. The number of nitrogens with zero attached hydrogens (tertiary/aromatic N) is 2. The summed E-state index contributed by atoms with van der Waals surface area (Å²) in [4.78, 5) is 2.41. The van der Waals surface area contributed by atoms with Crippen LogP contribution in [0.4, 0.5) is 0 Å². The maximum absolute atomic E-state index is 12.0. The quantitative estimate of drug-likeness (QED) is 0.562. The van der Waals surface area contributed by atoms with Crippen LogP contribution in [0.15, 0.2) is 4.40 Å². The number of rotatable bonds is 2. The van der Waals surface area contributed by atoms with Gasteiger partial charge in [0, 0.05) is 6.54 Å². The molecule has 17 heavy (non-hydrogen) atoms. The van der Waals surface area contributed by atoms with Gasteiger partial charge in [-0.2, -0.15) is 0 Å². The molecule has 1 aliphatic carbocycles. The summed E-state index contributed by atoms with van der Waals surface area (Å²) in [5, 5.41) is 0. The number of piperidine rings is 2. The lowest BCUT2D eigenvalue weighted by atomic mass is 9.71. The molecular formula is C13H24N2OS. The van der Waals surface area contributed by atoms with Crippen LogP contribution in [0.5, 0.6) is 0 Å². The van der Waals surface area contributed by atoms with Gasteiger partial charge < -0.3 is 4.55 Å². The van der Waals surface area contributed by atoms with Crippen molar-refractivity contribution in [2.24, 2.45) is 10.3 Å². The predicted octanol–water partition coefficient (Wildman–Crippen LogP) is 2.39. The molecule has 2 heterocycles. The smallest absolute Gasteiger partial charge is 0.144 e. The molecule has 1 saturated carbocycles. The average Bonchev–Trinajstić information content (AvgIpc) is 2.26. The second kappa shape index (κ2) is 4.56. The van der Waals surface area contributed by atoms with E-state index in [1.54, 1.807) is 0 Å². The van der Waals surface area contributed by atoms with Crippen molar-refractivity contribution in [3.63, 3.8) is 0 Å². The van der Waals surface area contributed by atoms with Crippen molar-refractivity contribution in [3.05, 3.63) is 0 Å². The monoisotopic (exact) mass is 256 g/mol. The Bertz CT molecular complexity index is 303. The van der Waals surface area contributed by atoms with Crippen LogP contribution >= 0.6 is 0 Å². The van der Waals surface area contributed by atoms with Gasteiger partial charge in [0.15, 0.2) is 0 Å². The van der Waals surface area contributed by atoms with E-state index in [1.807, 2.05) is 27.0 Å². The van der Waals surface area contributed by atoms with Gasteiger partial charge in [0.2, 0.25) is 0 Å². The molecule has 3 nitrogen and oxygen atoms in total. The van der Waals surface area contributed by atoms with Gasteiger partial charge in [0.1, 0.15) is 16.1 Å². The van der Waals surface area contributed by atoms with Crippen LogP contribution in [0.1, 0.15) is 46.5 Å². The molecule has 0 spiro atoms. The molecule has 2 aliphatic heterocycles. The van der Waals surface area contributed by atoms with E-state index in [-0.39, 0.29) is 10.3 Å². The van der Waals surface area contributed by atoms with Crippen molar-refractivity contribution in [2.45, 2.75) is 56.7 Å². The molecule has 2 saturated heterocycles. The molecule has 98 valence electrons. The van der Waals surface area contributed by atoms with Crippen molar-refractivity contribution in [1.29, 1.82) is 0 Å². The summed E-state index contributed by atoms with van der Waals surface area (Å²) in [6, 6.07) is 0. The van der Waals surface area contributed by atoms with E-state index in [4.69, 9.17) is 0 Å². The summed E-state index contributed by atoms with van der Waals surface area (Å²) in [5.41, 5.74) is 0.0929. The van der Waals surface area contributed by atoms with Crippen molar-refractivity contribution < 1.29 is 4.55 Å². The average molecular weight is 256 g/mol. The fourth-order valence-corrected chi connectivity index (χ4v) is 3.45. The van der Waals surface area contributed by atoms with E-state index in [0.717, 1.165) is 5.92 Å². The summed E-state index contributed by atoms with van der Waals surface area (Å²) in [7, 11) is 2.18. The van der Waals surface area contributed by atoms with E-state index in [0.29, 0.717) is 0 Å². The van der Waals surface area contributed by atoms with Crippen molar-refractivity contribution in [3.8, 4) is 0 Å². The van der Waals surface area contributed by atoms with Crippen LogP contribution in [0, 0.1) is 5.92 Å². The first-order valence-electron chi connectivity index (χ1n) is 6.52. The predicted molar refractivity (Wildman–Crippen MR) is 73.7 cm³/mol. The SMILES string of the molecule is CN1CC2CCC1(/C=N\[S+]([O-])C(C)(C)C)CC2. The molecule has 0 amide bonds. The molecule has 0 aromatic carbocycles. The van der Waals surface area contributed by atoms with Gasteiger partial charge in [-0.05, 0) is 59.4 Å². The molecule has 0 aromatic heterocycles. The van der Waals surface area contributed by atoms with E-state index < -0.39 is 11.4 Å². The normalized spacial score (nSPS) is 36.6. The van der Waals surface area contributed by atoms with Gasteiger partial charge in [-0.25, -0.2) is 0 Å². The van der Waals surface area contributed by atoms with Crippen LogP contribution in [0.25, 0.3) is 0 Å². The summed E-state index contributed by atoms with van der Waals surface area (Å²) in [6.45, 7) is 7.09. The summed E-state index contributed by atoms with van der Waals surface area (Å²) >= 11 is -1.12. The minimum atomic E-state index is -1.12. The van der Waals surface area contributed by atoms with Gasteiger partial charge in [0.25, 0.3) is 0 Å². The van der Waals surface area contributed by atoms with Crippen molar-refractivity contribution in [2.75, 3.05) is 13.6 Å². The van der Waals surface area contributed by atoms with Crippen molar-refractivity contribution in [1.82, 2.24) is 4.90 Å². The fraction of sp³-hybridized carbons (Fsp3) is 0.923. The Kier molecular flexibility index (Phi) is 3.59. The number of hydrogen-bond donors (Lipinski definition) is 0. The van der Waals surface area contributed by atoms with Crippen molar-refractivity contribution >= 4 is 17.6 Å². The highest BCUT2D eigenvalue weighted by molar-refractivity contribution is 7.91. The molecule has 3 rings (SSSR count). The zero-order valence-corrected chi connectivity index (χ0v) is 12.2. The maximum atomic E-state index is 12.0. The zero-order chi connectivity index (χ0) is 12.7. The Labute approximate surface area is 108 Å². The molecule has 0 radical (unpaired) electrons. The first kappa shape index (κ1) is 13.4. The highest BCUT2D eigenvalue weighted by Crippen LogP contribution is 2.41. The van der Waals surface area contributed by atoms with E-state index in [2.05, 4.69) is 16.3 Å². The zero-order valence-electron chi connectivity index (χ0n) is 11.4. The molecular weight excluding hydrogens is 232 g/mol. The molecule has 3 aliphatic rings. The van der Waals surface area contributed by atoms with Gasteiger partial charge in [-0.3, -0.25) is 4.90 Å². The van der Waals surface area contributed by atoms with Gasteiger partial charge >= 0.3 is 0 Å². The summed E-state index contributed by atoms with van der Waals surface area (Å²) in [5.74, 6) is 0.878. The van der Waals surface area contributed by atoms with Crippen LogP contribution < -0.4 is 0 Å². The Morgan fingerprint density at radius 1 is 1.35 bits per heavy atom. The second-order valence-electron chi connectivity index (χ2n) is 6.52. The second-order valence-corrected chi connectivity index (χ2v) is 8.46. The standard InChI is InChI=1S/C13H24N2OS/c1-12(2,3)17(16)14-10-13-7-5-11(6-8-13)9-15(13)4/h10-11H,5-9H2,1-4H3/b14-10-. The first-order valence-corrected chi connectivity index (χ1v) is 7.63. The summed E-state index contributed by atoms with van der Waals surface area (Å²) < 4.78 is 16.1. The number of fused-ring (bicyclic) bond motifs is 3. The third-order valence-electron chi connectivity index (χ3n) is 4.18. The minimum Gasteiger partial charge on any atom is -0.591 e. The first-order chi connectivity index (χ1) is 7.83. The van der Waals surface area contributed by atoms with E-state index in [9.17, 15) is 4.55 Å². The van der Waals surface area contributed by atoms with E-state index in [1.165, 1.54) is 32.2 Å². The Morgan fingerprint density at radius 3 is 2.41 bits per heavy atom. The third-order valence-corrected chi connectivity index (χ3v) is 5.52. The third kappa shape index (κ3) is 2.69. The molecule has 1 atom stereocenters. The minimum absolute atomic E-state index is 0.0929. The molecule has 2 bridgehead atoms. The topological polar surface area (TPSA) is 38.7 Å². The Balaban J connectivity index is 2.08. The maximum Gasteiger partial charge on any atom is 0.144 e. The Hall–Kier alpha value is -0.0600. The lowest BCUT2D eigenvalue weighted by Gasteiger charge is -2.51.